The second-order valence-corrected chi connectivity index (χ2v) is 2.95. The summed E-state index contributed by atoms with van der Waals surface area (Å²) in [5.41, 5.74) is 0. The van der Waals surface area contributed by atoms with Crippen molar-refractivity contribution >= 4 is 5.97 Å². The third-order valence-corrected chi connectivity index (χ3v) is 1.92. The fourth-order valence-electron chi connectivity index (χ4n) is 1.22. The number of hydrogen-bond acceptors (Lipinski definition) is 5. The zero-order valence-corrected chi connectivity index (χ0v) is 9.70. The predicted molar refractivity (Wildman–Crippen MR) is 57.4 cm³/mol. The van der Waals surface area contributed by atoms with Crippen LogP contribution in [0.3, 0.4) is 0 Å². The Bertz CT molecular complexity index is 361. The van der Waals surface area contributed by atoms with Crippen LogP contribution in [-0.4, -0.2) is 27.3 Å². The molecule has 0 radical (unpaired) electrons. The van der Waals surface area contributed by atoms with Gasteiger partial charge in [0.15, 0.2) is 11.5 Å². The monoisotopic (exact) mass is 226 g/mol. The molecule has 0 fully saturated rings. The van der Waals surface area contributed by atoms with Crippen LogP contribution in [0, 0.1) is 0 Å². The number of carbonyl (C=O) groups excluding carboxylic acids is 1. The molecular formula is C11H14O5. The topological polar surface area (TPSA) is 54.0 Å². The molecular weight excluding hydrogens is 212 g/mol. The van der Waals surface area contributed by atoms with Crippen molar-refractivity contribution in [3.8, 4) is 23.0 Å². The maximum Gasteiger partial charge on any atom is 0.308 e. The molecule has 5 nitrogen and oxygen atoms in total. The van der Waals surface area contributed by atoms with Crippen molar-refractivity contribution in [3.63, 3.8) is 0 Å². The van der Waals surface area contributed by atoms with E-state index in [0.717, 1.165) is 0 Å². The molecule has 1 rings (SSSR count). The van der Waals surface area contributed by atoms with E-state index >= 15 is 0 Å². The Hall–Kier alpha value is -1.91. The minimum absolute atomic E-state index is 0.248. The molecule has 0 N–H and O–H groups in total. The number of hydrogen-bond donors (Lipinski definition) is 0. The van der Waals surface area contributed by atoms with Crippen molar-refractivity contribution in [1.82, 2.24) is 0 Å². The van der Waals surface area contributed by atoms with Gasteiger partial charge in [-0.2, -0.15) is 0 Å². The van der Waals surface area contributed by atoms with Gasteiger partial charge in [-0.15, -0.1) is 0 Å². The molecule has 0 bridgehead atoms. The largest absolute Gasteiger partial charge is 0.496 e. The Kier molecular flexibility index (Phi) is 3.99. The van der Waals surface area contributed by atoms with Crippen molar-refractivity contribution in [2.75, 3.05) is 21.3 Å². The lowest BCUT2D eigenvalue weighted by molar-refractivity contribution is -0.132. The summed E-state index contributed by atoms with van der Waals surface area (Å²) >= 11 is 0. The maximum absolute atomic E-state index is 10.9. The second kappa shape index (κ2) is 5.25. The molecule has 0 saturated heterocycles. The lowest BCUT2D eigenvalue weighted by atomic mass is 10.2. The van der Waals surface area contributed by atoms with E-state index in [1.165, 1.54) is 28.3 Å². The third-order valence-electron chi connectivity index (χ3n) is 1.92. The van der Waals surface area contributed by atoms with E-state index in [1.54, 1.807) is 12.1 Å². The molecule has 0 aliphatic carbocycles. The Labute approximate surface area is 93.9 Å². The van der Waals surface area contributed by atoms with Gasteiger partial charge in [-0.1, -0.05) is 0 Å². The first kappa shape index (κ1) is 12.2. The number of carbonyl (C=O) groups is 1. The van der Waals surface area contributed by atoms with Crippen molar-refractivity contribution in [3.05, 3.63) is 12.1 Å². The van der Waals surface area contributed by atoms with Gasteiger partial charge in [0.2, 0.25) is 5.75 Å². The molecule has 0 aliphatic rings. The standard InChI is InChI=1S/C11H14O5/c1-7(12)16-11-9(14-3)5-8(13-2)6-10(11)15-4/h5-6H,1-4H3. The summed E-state index contributed by atoms with van der Waals surface area (Å²) in [7, 11) is 4.47. The quantitative estimate of drug-likeness (QED) is 0.577. The van der Waals surface area contributed by atoms with Crippen molar-refractivity contribution in [2.24, 2.45) is 0 Å². The van der Waals surface area contributed by atoms with Gasteiger partial charge in [0.05, 0.1) is 21.3 Å². The lowest BCUT2D eigenvalue weighted by Gasteiger charge is -2.13. The number of esters is 1. The Morgan fingerprint density at radius 1 is 1.00 bits per heavy atom. The first-order chi connectivity index (χ1) is 7.62. The van der Waals surface area contributed by atoms with E-state index in [2.05, 4.69) is 0 Å². The lowest BCUT2D eigenvalue weighted by Crippen LogP contribution is -2.05. The highest BCUT2D eigenvalue weighted by atomic mass is 16.6. The molecule has 16 heavy (non-hydrogen) atoms. The Balaban J connectivity index is 3.25. The highest BCUT2D eigenvalue weighted by Gasteiger charge is 2.16. The van der Waals surface area contributed by atoms with Crippen LogP contribution >= 0.6 is 0 Å². The van der Waals surface area contributed by atoms with Crippen LogP contribution < -0.4 is 18.9 Å². The van der Waals surface area contributed by atoms with Gasteiger partial charge in [-0.3, -0.25) is 4.79 Å². The van der Waals surface area contributed by atoms with Crippen LogP contribution in [0.5, 0.6) is 23.0 Å². The zero-order valence-electron chi connectivity index (χ0n) is 9.70. The number of benzene rings is 1. The smallest absolute Gasteiger partial charge is 0.308 e. The van der Waals surface area contributed by atoms with Crippen LogP contribution in [0.2, 0.25) is 0 Å². The summed E-state index contributed by atoms with van der Waals surface area (Å²) in [5.74, 6) is 1.13. The van der Waals surface area contributed by atoms with Gasteiger partial charge < -0.3 is 18.9 Å². The first-order valence-corrected chi connectivity index (χ1v) is 4.60. The summed E-state index contributed by atoms with van der Waals surface area (Å²) in [5, 5.41) is 0. The Morgan fingerprint density at radius 2 is 1.50 bits per heavy atom. The first-order valence-electron chi connectivity index (χ1n) is 4.60. The normalized spacial score (nSPS) is 9.50. The summed E-state index contributed by atoms with van der Waals surface area (Å²) < 4.78 is 20.3. The van der Waals surface area contributed by atoms with E-state index in [9.17, 15) is 4.79 Å². The predicted octanol–water partition coefficient (Wildman–Crippen LogP) is 1.64. The fraction of sp³-hybridized carbons (Fsp3) is 0.364. The van der Waals surface area contributed by atoms with Gasteiger partial charge in [-0.05, 0) is 0 Å². The van der Waals surface area contributed by atoms with Gasteiger partial charge >= 0.3 is 5.97 Å². The second-order valence-electron chi connectivity index (χ2n) is 2.95. The average Bonchev–Trinajstić information content (AvgIpc) is 2.28. The Morgan fingerprint density at radius 3 is 1.81 bits per heavy atom. The van der Waals surface area contributed by atoms with Crippen LogP contribution in [0.25, 0.3) is 0 Å². The van der Waals surface area contributed by atoms with E-state index in [1.807, 2.05) is 0 Å². The molecule has 0 spiro atoms. The molecule has 0 amide bonds. The summed E-state index contributed by atoms with van der Waals surface area (Å²) in [4.78, 5) is 10.9. The van der Waals surface area contributed by atoms with Crippen LogP contribution in [0.1, 0.15) is 6.92 Å². The van der Waals surface area contributed by atoms with Gasteiger partial charge in [0.1, 0.15) is 5.75 Å². The number of methoxy groups -OCH3 is 3. The third kappa shape index (κ3) is 2.56. The molecule has 0 heterocycles. The SMILES string of the molecule is COc1cc(OC)c(OC(C)=O)c(OC)c1. The highest BCUT2D eigenvalue weighted by molar-refractivity contribution is 5.72. The van der Waals surface area contributed by atoms with Crippen molar-refractivity contribution in [1.29, 1.82) is 0 Å². The number of rotatable bonds is 4. The minimum atomic E-state index is -0.443. The molecule has 0 atom stereocenters. The molecule has 0 unspecified atom stereocenters. The van der Waals surface area contributed by atoms with E-state index in [4.69, 9.17) is 18.9 Å². The van der Waals surface area contributed by atoms with Crippen LogP contribution in [0.4, 0.5) is 0 Å². The highest BCUT2D eigenvalue weighted by Crippen LogP contribution is 2.40. The number of ether oxygens (including phenoxy) is 4. The fourth-order valence-corrected chi connectivity index (χ4v) is 1.22. The zero-order chi connectivity index (χ0) is 12.1. The molecule has 88 valence electrons. The molecule has 0 aliphatic heterocycles. The molecule has 1 aromatic carbocycles. The molecule has 1 aromatic rings. The van der Waals surface area contributed by atoms with Crippen molar-refractivity contribution < 1.29 is 23.7 Å². The molecule has 5 heteroatoms. The van der Waals surface area contributed by atoms with Gasteiger partial charge in [0, 0.05) is 19.1 Å². The van der Waals surface area contributed by atoms with E-state index < -0.39 is 5.97 Å². The van der Waals surface area contributed by atoms with Crippen LogP contribution in [0.15, 0.2) is 12.1 Å². The van der Waals surface area contributed by atoms with Gasteiger partial charge in [-0.25, -0.2) is 0 Å². The molecule has 0 aromatic heterocycles. The average molecular weight is 226 g/mol. The minimum Gasteiger partial charge on any atom is -0.496 e. The van der Waals surface area contributed by atoms with E-state index in [0.29, 0.717) is 17.2 Å². The van der Waals surface area contributed by atoms with E-state index in [-0.39, 0.29) is 5.75 Å². The van der Waals surface area contributed by atoms with Gasteiger partial charge in [0.25, 0.3) is 0 Å². The van der Waals surface area contributed by atoms with Crippen LogP contribution in [-0.2, 0) is 4.79 Å². The summed E-state index contributed by atoms with van der Waals surface area (Å²) in [6, 6.07) is 3.22. The molecule has 0 saturated carbocycles. The summed E-state index contributed by atoms with van der Waals surface area (Å²) in [6.45, 7) is 1.31. The maximum atomic E-state index is 10.9. The summed E-state index contributed by atoms with van der Waals surface area (Å²) in [6.07, 6.45) is 0. The van der Waals surface area contributed by atoms with Crippen molar-refractivity contribution in [2.45, 2.75) is 6.92 Å².